The van der Waals surface area contributed by atoms with Crippen LogP contribution in [0.25, 0.3) is 0 Å². The summed E-state index contributed by atoms with van der Waals surface area (Å²) in [7, 11) is 0. The Morgan fingerprint density at radius 1 is 1.07 bits per heavy atom. The lowest BCUT2D eigenvalue weighted by atomic mass is 10.1. The molecule has 0 unspecified atom stereocenters. The lowest BCUT2D eigenvalue weighted by Gasteiger charge is -2.29. The largest absolute Gasteiger partial charge is 0.354 e. The number of amides is 2. The smallest absolute Gasteiger partial charge is 0.242 e. The summed E-state index contributed by atoms with van der Waals surface area (Å²) >= 11 is 18.6. The van der Waals surface area contributed by atoms with Gasteiger partial charge in [0.1, 0.15) is 6.04 Å². The monoisotopic (exact) mass is 440 g/mol. The Morgan fingerprint density at radius 2 is 1.71 bits per heavy atom. The minimum Gasteiger partial charge on any atom is -0.354 e. The Bertz CT molecular complexity index is 822. The van der Waals surface area contributed by atoms with Crippen molar-refractivity contribution < 1.29 is 9.59 Å². The van der Waals surface area contributed by atoms with Crippen molar-refractivity contribution in [3.8, 4) is 0 Å². The van der Waals surface area contributed by atoms with E-state index in [2.05, 4.69) is 5.32 Å². The molecule has 0 aliphatic heterocycles. The van der Waals surface area contributed by atoms with E-state index >= 15 is 0 Å². The van der Waals surface area contributed by atoms with E-state index < -0.39 is 6.04 Å². The number of hydrogen-bond acceptors (Lipinski definition) is 2. The zero-order valence-corrected chi connectivity index (χ0v) is 18.1. The van der Waals surface area contributed by atoms with Crippen molar-refractivity contribution in [1.82, 2.24) is 10.2 Å². The van der Waals surface area contributed by atoms with E-state index in [-0.39, 0.29) is 24.8 Å². The highest BCUT2D eigenvalue weighted by atomic mass is 35.5. The second-order valence-electron chi connectivity index (χ2n) is 6.50. The maximum Gasteiger partial charge on any atom is 0.242 e. The third kappa shape index (κ3) is 6.13. The number of nitrogens with zero attached hydrogens (tertiary/aromatic N) is 1. The summed E-state index contributed by atoms with van der Waals surface area (Å²) in [5, 5.41) is 4.30. The summed E-state index contributed by atoms with van der Waals surface area (Å²) in [6, 6.07) is 11.6. The number of carbonyl (C=O) groups is 2. The summed E-state index contributed by atoms with van der Waals surface area (Å²) in [4.78, 5) is 27.1. The third-order valence-corrected chi connectivity index (χ3v) is 5.29. The first-order chi connectivity index (χ1) is 13.3. The molecule has 0 saturated carbocycles. The van der Waals surface area contributed by atoms with Crippen molar-refractivity contribution in [3.05, 3.63) is 68.7 Å². The van der Waals surface area contributed by atoms with Crippen LogP contribution in [0.1, 0.15) is 31.4 Å². The summed E-state index contributed by atoms with van der Waals surface area (Å²) in [6.45, 7) is 4.35. The minimum atomic E-state index is -0.675. The van der Waals surface area contributed by atoms with Gasteiger partial charge in [0.25, 0.3) is 0 Å². The van der Waals surface area contributed by atoms with Crippen LogP contribution in [0.15, 0.2) is 42.5 Å². The fraction of sp³-hybridized carbons (Fsp3) is 0.333. The summed E-state index contributed by atoms with van der Waals surface area (Å²) in [6.07, 6.45) is 0.930. The first-order valence-electron chi connectivity index (χ1n) is 9.08. The van der Waals surface area contributed by atoms with Gasteiger partial charge in [-0.3, -0.25) is 9.59 Å². The second kappa shape index (κ2) is 10.7. The van der Waals surface area contributed by atoms with Gasteiger partial charge in [0.05, 0.1) is 6.42 Å². The average molecular weight is 442 g/mol. The molecule has 4 nitrogen and oxygen atoms in total. The zero-order valence-electron chi connectivity index (χ0n) is 15.8. The molecule has 0 heterocycles. The molecular formula is C21H23Cl3N2O2. The molecule has 2 aromatic rings. The molecule has 1 atom stereocenters. The van der Waals surface area contributed by atoms with Crippen LogP contribution in [0.5, 0.6) is 0 Å². The Balaban J connectivity index is 2.29. The van der Waals surface area contributed by atoms with Gasteiger partial charge < -0.3 is 10.2 Å². The van der Waals surface area contributed by atoms with Crippen molar-refractivity contribution in [3.63, 3.8) is 0 Å². The highest BCUT2D eigenvalue weighted by molar-refractivity contribution is 6.36. The van der Waals surface area contributed by atoms with Gasteiger partial charge in [-0.25, -0.2) is 0 Å². The molecule has 0 aromatic heterocycles. The van der Waals surface area contributed by atoms with Crippen LogP contribution in [-0.4, -0.2) is 29.3 Å². The number of hydrogen-bond donors (Lipinski definition) is 1. The molecule has 7 heteroatoms. The topological polar surface area (TPSA) is 49.4 Å². The molecule has 0 radical (unpaired) electrons. The van der Waals surface area contributed by atoms with Crippen LogP contribution >= 0.6 is 34.8 Å². The maximum absolute atomic E-state index is 13.1. The number of halogens is 3. The number of rotatable bonds is 8. The molecule has 0 aliphatic carbocycles. The highest BCUT2D eigenvalue weighted by Gasteiger charge is 2.27. The average Bonchev–Trinajstić information content (AvgIpc) is 2.65. The van der Waals surface area contributed by atoms with Gasteiger partial charge >= 0.3 is 0 Å². The summed E-state index contributed by atoms with van der Waals surface area (Å²) in [5.74, 6) is -0.429. The molecule has 0 saturated heterocycles. The van der Waals surface area contributed by atoms with Gasteiger partial charge in [0, 0.05) is 33.7 Å². The van der Waals surface area contributed by atoms with Gasteiger partial charge in [-0.05, 0) is 43.2 Å². The molecule has 28 heavy (non-hydrogen) atoms. The Morgan fingerprint density at radius 3 is 2.32 bits per heavy atom. The zero-order chi connectivity index (χ0) is 20.7. The molecule has 2 amide bonds. The Labute approximate surface area is 180 Å². The Kier molecular flexibility index (Phi) is 8.61. The van der Waals surface area contributed by atoms with Crippen LogP contribution in [0.4, 0.5) is 0 Å². The van der Waals surface area contributed by atoms with Gasteiger partial charge in [0.2, 0.25) is 11.8 Å². The van der Waals surface area contributed by atoms with Crippen LogP contribution in [0, 0.1) is 0 Å². The molecule has 2 aromatic carbocycles. The molecule has 0 fully saturated rings. The molecule has 0 spiro atoms. The van der Waals surface area contributed by atoms with Crippen molar-refractivity contribution in [2.24, 2.45) is 0 Å². The van der Waals surface area contributed by atoms with E-state index in [1.165, 1.54) is 4.90 Å². The predicted octanol–water partition coefficient (Wildman–Crippen LogP) is 5.13. The summed E-state index contributed by atoms with van der Waals surface area (Å²) in [5.41, 5.74) is 1.38. The lowest BCUT2D eigenvalue weighted by Crippen LogP contribution is -2.48. The maximum atomic E-state index is 13.1. The van der Waals surface area contributed by atoms with Crippen LogP contribution in [-0.2, 0) is 22.6 Å². The van der Waals surface area contributed by atoms with Crippen LogP contribution in [0.2, 0.25) is 15.1 Å². The van der Waals surface area contributed by atoms with Gasteiger partial charge in [0.15, 0.2) is 0 Å². The molecule has 0 bridgehead atoms. The number of benzene rings is 2. The highest BCUT2D eigenvalue weighted by Crippen LogP contribution is 2.27. The lowest BCUT2D eigenvalue weighted by molar-refractivity contribution is -0.140. The van der Waals surface area contributed by atoms with Gasteiger partial charge in [-0.1, -0.05) is 59.9 Å². The van der Waals surface area contributed by atoms with E-state index in [0.717, 1.165) is 12.0 Å². The molecule has 2 rings (SSSR count). The Hall–Kier alpha value is -1.75. The third-order valence-electron chi connectivity index (χ3n) is 4.35. The normalized spacial score (nSPS) is 11.8. The van der Waals surface area contributed by atoms with E-state index in [9.17, 15) is 9.59 Å². The van der Waals surface area contributed by atoms with Crippen molar-refractivity contribution in [2.75, 3.05) is 6.54 Å². The van der Waals surface area contributed by atoms with E-state index in [4.69, 9.17) is 34.8 Å². The molecule has 150 valence electrons. The minimum absolute atomic E-state index is 0.119. The van der Waals surface area contributed by atoms with E-state index in [0.29, 0.717) is 27.2 Å². The van der Waals surface area contributed by atoms with Crippen molar-refractivity contribution in [2.45, 2.75) is 39.3 Å². The molecule has 0 aliphatic rings. The van der Waals surface area contributed by atoms with Crippen molar-refractivity contribution in [1.29, 1.82) is 0 Å². The van der Waals surface area contributed by atoms with Crippen molar-refractivity contribution >= 4 is 46.6 Å². The van der Waals surface area contributed by atoms with Crippen LogP contribution < -0.4 is 5.32 Å². The fourth-order valence-corrected chi connectivity index (χ4v) is 3.49. The SMILES string of the molecule is CCCNC(=O)[C@H](C)N(Cc1c(Cl)cccc1Cl)C(=O)Cc1cccc(Cl)c1. The van der Waals surface area contributed by atoms with Gasteiger partial charge in [-0.15, -0.1) is 0 Å². The standard InChI is InChI=1S/C21H23Cl3N2O2/c1-3-10-25-21(28)14(2)26(13-17-18(23)8-5-9-19(17)24)20(27)12-15-6-4-7-16(22)11-15/h4-9,11,14H,3,10,12-13H2,1-2H3,(H,25,28)/t14-/m0/s1. The quantitative estimate of drug-likeness (QED) is 0.617. The first-order valence-corrected chi connectivity index (χ1v) is 10.2. The first kappa shape index (κ1) is 22.5. The number of carbonyl (C=O) groups excluding carboxylic acids is 2. The van der Waals surface area contributed by atoms with Crippen LogP contribution in [0.3, 0.4) is 0 Å². The fourth-order valence-electron chi connectivity index (χ4n) is 2.76. The summed E-state index contributed by atoms with van der Waals surface area (Å²) < 4.78 is 0. The predicted molar refractivity (Wildman–Crippen MR) is 115 cm³/mol. The number of nitrogens with one attached hydrogen (secondary N) is 1. The molecule has 1 N–H and O–H groups in total. The van der Waals surface area contributed by atoms with E-state index in [1.54, 1.807) is 43.3 Å². The van der Waals surface area contributed by atoms with Gasteiger partial charge in [-0.2, -0.15) is 0 Å². The second-order valence-corrected chi connectivity index (χ2v) is 7.75. The molecular weight excluding hydrogens is 419 g/mol. The van der Waals surface area contributed by atoms with E-state index in [1.807, 2.05) is 13.0 Å².